The molecule has 4 amide bonds. The van der Waals surface area contributed by atoms with Crippen LogP contribution in [0.1, 0.15) is 30.7 Å². The summed E-state index contributed by atoms with van der Waals surface area (Å²) in [5.74, 6) is 0.273. The van der Waals surface area contributed by atoms with Gasteiger partial charge in [0.05, 0.1) is 18.9 Å². The molecule has 1 saturated heterocycles. The second kappa shape index (κ2) is 6.46. The molecule has 0 radical (unpaired) electrons. The molecule has 2 atom stereocenters. The van der Waals surface area contributed by atoms with Gasteiger partial charge in [0, 0.05) is 12.0 Å². The predicted octanol–water partition coefficient (Wildman–Crippen LogP) is 1.69. The lowest BCUT2D eigenvalue weighted by molar-refractivity contribution is -0.136. The minimum absolute atomic E-state index is 0.304. The molecule has 1 aromatic heterocycles. The number of hydrogen-bond donors (Lipinski definition) is 2. The molecule has 0 aliphatic carbocycles. The average Bonchev–Trinajstić information content (AvgIpc) is 3.27. The van der Waals surface area contributed by atoms with Gasteiger partial charge in [-0.25, -0.2) is 4.79 Å². The summed E-state index contributed by atoms with van der Waals surface area (Å²) < 4.78 is 10.8. The standard InChI is InChI=1S/C19H19N3O5/c1-12(14-7-4-9-26-14)20-16(23)11-22-17(24)19(21-18(22)25)8-10-27-15-6-3-2-5-13(15)19/h2-7,9,12H,8,10-11H2,1H3,(H,20,23)(H,21,25)/t12-,19+/m1/s1. The molecule has 2 aliphatic rings. The van der Waals surface area contributed by atoms with Crippen molar-refractivity contribution in [1.82, 2.24) is 15.5 Å². The molecule has 4 rings (SSSR count). The van der Waals surface area contributed by atoms with Crippen LogP contribution in [0.3, 0.4) is 0 Å². The van der Waals surface area contributed by atoms with Crippen LogP contribution in [0.15, 0.2) is 47.1 Å². The Morgan fingerprint density at radius 1 is 1.30 bits per heavy atom. The zero-order valence-electron chi connectivity index (χ0n) is 14.7. The van der Waals surface area contributed by atoms with E-state index in [0.29, 0.717) is 30.1 Å². The third kappa shape index (κ3) is 2.83. The van der Waals surface area contributed by atoms with Gasteiger partial charge < -0.3 is 19.8 Å². The van der Waals surface area contributed by atoms with Gasteiger partial charge in [-0.3, -0.25) is 14.5 Å². The van der Waals surface area contributed by atoms with Crippen LogP contribution in [-0.4, -0.2) is 35.9 Å². The highest BCUT2D eigenvalue weighted by atomic mass is 16.5. The van der Waals surface area contributed by atoms with Gasteiger partial charge in [-0.1, -0.05) is 18.2 Å². The lowest BCUT2D eigenvalue weighted by atomic mass is 9.84. The molecule has 2 N–H and O–H groups in total. The van der Waals surface area contributed by atoms with E-state index in [-0.39, 0.29) is 12.6 Å². The van der Waals surface area contributed by atoms with Crippen LogP contribution in [0.4, 0.5) is 4.79 Å². The second-order valence-corrected chi connectivity index (χ2v) is 6.63. The monoisotopic (exact) mass is 369 g/mol. The van der Waals surface area contributed by atoms with E-state index in [1.54, 1.807) is 43.3 Å². The molecule has 27 heavy (non-hydrogen) atoms. The van der Waals surface area contributed by atoms with Crippen LogP contribution in [0.5, 0.6) is 5.75 Å². The number of nitrogens with one attached hydrogen (secondary N) is 2. The van der Waals surface area contributed by atoms with E-state index in [1.807, 2.05) is 0 Å². The third-order valence-corrected chi connectivity index (χ3v) is 4.91. The molecule has 3 heterocycles. The number of fused-ring (bicyclic) bond motifs is 2. The van der Waals surface area contributed by atoms with Crippen molar-refractivity contribution in [2.45, 2.75) is 24.9 Å². The Bertz CT molecular complexity index is 895. The fourth-order valence-corrected chi connectivity index (χ4v) is 3.56. The molecular formula is C19H19N3O5. The van der Waals surface area contributed by atoms with Gasteiger partial charge in [0.2, 0.25) is 5.91 Å². The van der Waals surface area contributed by atoms with Crippen LogP contribution >= 0.6 is 0 Å². The molecule has 0 saturated carbocycles. The largest absolute Gasteiger partial charge is 0.493 e. The summed E-state index contributed by atoms with van der Waals surface area (Å²) in [6.07, 6.45) is 1.83. The second-order valence-electron chi connectivity index (χ2n) is 6.63. The molecule has 0 bridgehead atoms. The lowest BCUT2D eigenvalue weighted by Gasteiger charge is -2.33. The maximum atomic E-state index is 13.1. The van der Waals surface area contributed by atoms with Gasteiger partial charge >= 0.3 is 6.03 Å². The summed E-state index contributed by atoms with van der Waals surface area (Å²) in [5.41, 5.74) is -0.569. The van der Waals surface area contributed by atoms with Crippen LogP contribution in [-0.2, 0) is 15.1 Å². The minimum Gasteiger partial charge on any atom is -0.493 e. The number of amides is 4. The first-order valence-electron chi connectivity index (χ1n) is 8.70. The van der Waals surface area contributed by atoms with E-state index in [2.05, 4.69) is 10.6 Å². The van der Waals surface area contributed by atoms with E-state index in [9.17, 15) is 14.4 Å². The van der Waals surface area contributed by atoms with Crippen molar-refractivity contribution in [3.63, 3.8) is 0 Å². The van der Waals surface area contributed by atoms with E-state index < -0.39 is 23.4 Å². The van der Waals surface area contributed by atoms with Crippen LogP contribution in [0, 0.1) is 0 Å². The minimum atomic E-state index is -1.18. The van der Waals surface area contributed by atoms with Crippen molar-refractivity contribution in [3.8, 4) is 5.75 Å². The first kappa shape index (κ1) is 17.1. The SMILES string of the molecule is C[C@@H](NC(=O)CN1C(=O)N[C@]2(CCOc3ccccc32)C1=O)c1ccco1. The Morgan fingerprint density at radius 3 is 2.89 bits per heavy atom. The number of ether oxygens (including phenoxy) is 1. The summed E-state index contributed by atoms with van der Waals surface area (Å²) in [7, 11) is 0. The number of carbonyl (C=O) groups excluding carboxylic acids is 3. The van der Waals surface area contributed by atoms with Crippen molar-refractivity contribution in [3.05, 3.63) is 54.0 Å². The van der Waals surface area contributed by atoms with Crippen molar-refractivity contribution >= 4 is 17.8 Å². The van der Waals surface area contributed by atoms with Crippen LogP contribution < -0.4 is 15.4 Å². The van der Waals surface area contributed by atoms with E-state index in [0.717, 1.165) is 4.90 Å². The van der Waals surface area contributed by atoms with Gasteiger partial charge in [-0.2, -0.15) is 0 Å². The average molecular weight is 369 g/mol. The highest BCUT2D eigenvalue weighted by molar-refractivity contribution is 6.09. The maximum absolute atomic E-state index is 13.1. The molecule has 2 aliphatic heterocycles. The lowest BCUT2D eigenvalue weighted by Crippen LogP contribution is -2.48. The molecule has 1 fully saturated rings. The molecule has 140 valence electrons. The van der Waals surface area contributed by atoms with Crippen molar-refractivity contribution in [1.29, 1.82) is 0 Å². The zero-order valence-corrected chi connectivity index (χ0v) is 14.7. The smallest absolute Gasteiger partial charge is 0.325 e. The maximum Gasteiger partial charge on any atom is 0.325 e. The van der Waals surface area contributed by atoms with Gasteiger partial charge in [0.15, 0.2) is 5.54 Å². The topological polar surface area (TPSA) is 101 Å². The number of carbonyl (C=O) groups is 3. The first-order chi connectivity index (χ1) is 13.0. The van der Waals surface area contributed by atoms with Gasteiger partial charge in [0.1, 0.15) is 18.1 Å². The fraction of sp³-hybridized carbons (Fsp3) is 0.316. The highest BCUT2D eigenvalue weighted by Gasteiger charge is 2.55. The quantitative estimate of drug-likeness (QED) is 0.799. The van der Waals surface area contributed by atoms with Crippen LogP contribution in [0.25, 0.3) is 0 Å². The molecule has 1 spiro atoms. The number of rotatable bonds is 4. The number of imide groups is 1. The number of para-hydroxylation sites is 1. The van der Waals surface area contributed by atoms with Gasteiger partial charge in [0.25, 0.3) is 5.91 Å². The Hall–Kier alpha value is -3.29. The first-order valence-corrected chi connectivity index (χ1v) is 8.70. The summed E-state index contributed by atoms with van der Waals surface area (Å²) in [6.45, 7) is 1.71. The number of hydrogen-bond acceptors (Lipinski definition) is 5. The van der Waals surface area contributed by atoms with E-state index >= 15 is 0 Å². The Kier molecular flexibility index (Phi) is 4.10. The van der Waals surface area contributed by atoms with Gasteiger partial charge in [-0.15, -0.1) is 0 Å². The molecule has 2 aromatic rings. The number of benzene rings is 1. The van der Waals surface area contributed by atoms with Crippen molar-refractivity contribution in [2.75, 3.05) is 13.2 Å². The Morgan fingerprint density at radius 2 is 2.11 bits per heavy atom. The summed E-state index contributed by atoms with van der Waals surface area (Å²) in [5, 5.41) is 5.50. The van der Waals surface area contributed by atoms with E-state index in [4.69, 9.17) is 9.15 Å². The molecule has 1 aromatic carbocycles. The molecule has 0 unspecified atom stereocenters. The predicted molar refractivity (Wildman–Crippen MR) is 93.7 cm³/mol. The van der Waals surface area contributed by atoms with Gasteiger partial charge in [-0.05, 0) is 25.1 Å². The van der Waals surface area contributed by atoms with Crippen LogP contribution in [0.2, 0.25) is 0 Å². The molecule has 8 heteroatoms. The Balaban J connectivity index is 1.52. The molecular weight excluding hydrogens is 350 g/mol. The summed E-state index contributed by atoms with van der Waals surface area (Å²) >= 11 is 0. The number of urea groups is 1. The van der Waals surface area contributed by atoms with Crippen molar-refractivity contribution < 1.29 is 23.5 Å². The van der Waals surface area contributed by atoms with E-state index in [1.165, 1.54) is 6.26 Å². The Labute approximate surface area is 155 Å². The highest BCUT2D eigenvalue weighted by Crippen LogP contribution is 2.40. The number of furan rings is 1. The van der Waals surface area contributed by atoms with Crippen molar-refractivity contribution in [2.24, 2.45) is 0 Å². The number of nitrogens with zero attached hydrogens (tertiary/aromatic N) is 1. The summed E-state index contributed by atoms with van der Waals surface area (Å²) in [4.78, 5) is 38.9. The zero-order chi connectivity index (χ0) is 19.0. The third-order valence-electron chi connectivity index (χ3n) is 4.91. The fourth-order valence-electron chi connectivity index (χ4n) is 3.56. The summed E-state index contributed by atoms with van der Waals surface area (Å²) in [6, 6.07) is 9.62. The molecule has 8 nitrogen and oxygen atoms in total. The normalized spacial score (nSPS) is 22.2.